The van der Waals surface area contributed by atoms with Crippen molar-refractivity contribution in [2.24, 2.45) is 0 Å². The van der Waals surface area contributed by atoms with Crippen LogP contribution < -0.4 is 5.32 Å². The molecule has 1 heterocycles. The van der Waals surface area contributed by atoms with Gasteiger partial charge in [-0.05, 0) is 6.42 Å². The minimum Gasteiger partial charge on any atom is -0.375 e. The molecule has 0 aliphatic carbocycles. The Kier molecular flexibility index (Phi) is 7.30. The maximum absolute atomic E-state index is 5.55. The molecule has 4 heteroatoms. The molecule has 0 saturated heterocycles. The summed E-state index contributed by atoms with van der Waals surface area (Å²) in [5, 5.41) is 2.94. The zero-order valence-electron chi connectivity index (χ0n) is 10.9. The Morgan fingerprint density at radius 2 is 1.94 bits per heavy atom. The summed E-state index contributed by atoms with van der Waals surface area (Å²) in [5.41, 5.74) is 0.887. The van der Waals surface area contributed by atoms with Gasteiger partial charge in [-0.1, -0.05) is 32.6 Å². The molecule has 4 nitrogen and oxygen atoms in total. The predicted molar refractivity (Wildman–Crippen MR) is 70.0 cm³/mol. The van der Waals surface area contributed by atoms with Gasteiger partial charge >= 0.3 is 0 Å². The fraction of sp³-hybridized carbons (Fsp3) is 0.692. The second-order valence-electron chi connectivity index (χ2n) is 4.11. The standard InChI is InChI=1S/C13H23N3O/c1-3-4-5-6-7-8-17-11-12-9-16-13(14-2)10-15-12/h9-10H,3-8,11H2,1-2H3,(H,14,16). The molecule has 0 atom stereocenters. The van der Waals surface area contributed by atoms with E-state index in [0.717, 1.165) is 24.5 Å². The zero-order chi connectivity index (χ0) is 12.3. The number of aromatic nitrogens is 2. The molecule has 1 aromatic rings. The van der Waals surface area contributed by atoms with Crippen molar-refractivity contribution in [3.8, 4) is 0 Å². The second kappa shape index (κ2) is 8.93. The van der Waals surface area contributed by atoms with E-state index in [0.29, 0.717) is 6.61 Å². The van der Waals surface area contributed by atoms with Crippen molar-refractivity contribution < 1.29 is 4.74 Å². The van der Waals surface area contributed by atoms with E-state index < -0.39 is 0 Å². The van der Waals surface area contributed by atoms with Gasteiger partial charge in [0.2, 0.25) is 0 Å². The summed E-state index contributed by atoms with van der Waals surface area (Å²) in [6.45, 7) is 3.61. The number of unbranched alkanes of at least 4 members (excludes halogenated alkanes) is 4. The number of anilines is 1. The molecule has 0 aliphatic heterocycles. The molecular weight excluding hydrogens is 214 g/mol. The van der Waals surface area contributed by atoms with Crippen LogP contribution in [0.3, 0.4) is 0 Å². The number of nitrogens with zero attached hydrogens (tertiary/aromatic N) is 2. The average Bonchev–Trinajstić information content (AvgIpc) is 2.38. The average molecular weight is 237 g/mol. The van der Waals surface area contributed by atoms with Crippen molar-refractivity contribution in [2.45, 2.75) is 45.6 Å². The highest BCUT2D eigenvalue weighted by Gasteiger charge is 1.96. The van der Waals surface area contributed by atoms with Crippen molar-refractivity contribution in [3.05, 3.63) is 18.1 Å². The van der Waals surface area contributed by atoms with Crippen LogP contribution >= 0.6 is 0 Å². The Balaban J connectivity index is 2.05. The van der Waals surface area contributed by atoms with Gasteiger partial charge in [0.25, 0.3) is 0 Å². The van der Waals surface area contributed by atoms with Crippen LogP contribution in [0, 0.1) is 0 Å². The summed E-state index contributed by atoms with van der Waals surface area (Å²) in [4.78, 5) is 8.43. The highest BCUT2D eigenvalue weighted by atomic mass is 16.5. The predicted octanol–water partition coefficient (Wildman–Crippen LogP) is 3.01. The highest BCUT2D eigenvalue weighted by molar-refractivity contribution is 5.29. The molecule has 0 radical (unpaired) electrons. The van der Waals surface area contributed by atoms with E-state index in [-0.39, 0.29) is 0 Å². The lowest BCUT2D eigenvalue weighted by atomic mass is 10.2. The van der Waals surface area contributed by atoms with Gasteiger partial charge in [-0.3, -0.25) is 4.98 Å². The minimum absolute atomic E-state index is 0.560. The first kappa shape index (κ1) is 13.9. The fourth-order valence-corrected chi connectivity index (χ4v) is 1.54. The maximum atomic E-state index is 5.55. The largest absolute Gasteiger partial charge is 0.375 e. The van der Waals surface area contributed by atoms with Gasteiger partial charge in [0, 0.05) is 13.7 Å². The zero-order valence-corrected chi connectivity index (χ0v) is 10.9. The van der Waals surface area contributed by atoms with Crippen LogP contribution in [-0.2, 0) is 11.3 Å². The number of nitrogens with one attached hydrogen (secondary N) is 1. The van der Waals surface area contributed by atoms with Crippen LogP contribution in [-0.4, -0.2) is 23.6 Å². The van der Waals surface area contributed by atoms with Crippen molar-refractivity contribution >= 4 is 5.82 Å². The van der Waals surface area contributed by atoms with Gasteiger partial charge < -0.3 is 10.1 Å². The normalized spacial score (nSPS) is 10.5. The molecule has 0 amide bonds. The first-order valence-electron chi connectivity index (χ1n) is 6.43. The topological polar surface area (TPSA) is 47.0 Å². The molecule has 1 N–H and O–H groups in total. The first-order chi connectivity index (χ1) is 8.36. The third-order valence-corrected chi connectivity index (χ3v) is 2.60. The van der Waals surface area contributed by atoms with Gasteiger partial charge in [-0.2, -0.15) is 0 Å². The monoisotopic (exact) mass is 237 g/mol. The summed E-state index contributed by atoms with van der Waals surface area (Å²) in [5.74, 6) is 0.785. The van der Waals surface area contributed by atoms with Gasteiger partial charge in [0.05, 0.1) is 24.7 Å². The van der Waals surface area contributed by atoms with Crippen LogP contribution in [0.1, 0.15) is 44.7 Å². The Bertz CT molecular complexity index is 287. The van der Waals surface area contributed by atoms with Gasteiger partial charge in [0.1, 0.15) is 5.82 Å². The number of rotatable bonds is 9. The quantitative estimate of drug-likeness (QED) is 0.671. The van der Waals surface area contributed by atoms with Crippen LogP contribution in [0.5, 0.6) is 0 Å². The molecule has 96 valence electrons. The molecule has 17 heavy (non-hydrogen) atoms. The van der Waals surface area contributed by atoms with Gasteiger partial charge in [0.15, 0.2) is 0 Å². The maximum Gasteiger partial charge on any atom is 0.144 e. The summed E-state index contributed by atoms with van der Waals surface area (Å²) in [7, 11) is 1.83. The Hall–Kier alpha value is -1.16. The fourth-order valence-electron chi connectivity index (χ4n) is 1.54. The Labute approximate surface area is 104 Å². The molecule has 0 aromatic carbocycles. The van der Waals surface area contributed by atoms with Crippen molar-refractivity contribution in [2.75, 3.05) is 19.0 Å². The lowest BCUT2D eigenvalue weighted by molar-refractivity contribution is 0.114. The van der Waals surface area contributed by atoms with Crippen LogP contribution in [0.2, 0.25) is 0 Å². The number of hydrogen-bond acceptors (Lipinski definition) is 4. The van der Waals surface area contributed by atoms with Crippen molar-refractivity contribution in [1.29, 1.82) is 0 Å². The molecule has 0 spiro atoms. The molecular formula is C13H23N3O. The number of ether oxygens (including phenoxy) is 1. The van der Waals surface area contributed by atoms with Crippen LogP contribution in [0.15, 0.2) is 12.4 Å². The van der Waals surface area contributed by atoms with E-state index in [1.54, 1.807) is 12.4 Å². The summed E-state index contributed by atoms with van der Waals surface area (Å²) in [6.07, 6.45) is 9.81. The van der Waals surface area contributed by atoms with E-state index in [4.69, 9.17) is 4.74 Å². The van der Waals surface area contributed by atoms with Crippen molar-refractivity contribution in [1.82, 2.24) is 9.97 Å². The van der Waals surface area contributed by atoms with Crippen LogP contribution in [0.25, 0.3) is 0 Å². The highest BCUT2D eigenvalue weighted by Crippen LogP contribution is 2.04. The molecule has 1 aromatic heterocycles. The molecule has 0 saturated carbocycles. The Morgan fingerprint density at radius 3 is 2.59 bits per heavy atom. The SMILES string of the molecule is CCCCCCCOCc1cnc(NC)cn1. The third-order valence-electron chi connectivity index (χ3n) is 2.60. The van der Waals surface area contributed by atoms with Crippen LogP contribution in [0.4, 0.5) is 5.82 Å². The Morgan fingerprint density at radius 1 is 1.12 bits per heavy atom. The number of hydrogen-bond donors (Lipinski definition) is 1. The third kappa shape index (κ3) is 6.22. The van der Waals surface area contributed by atoms with E-state index in [9.17, 15) is 0 Å². The lowest BCUT2D eigenvalue weighted by Gasteiger charge is -2.04. The van der Waals surface area contributed by atoms with E-state index >= 15 is 0 Å². The summed E-state index contributed by atoms with van der Waals surface area (Å²) >= 11 is 0. The molecule has 0 unspecified atom stereocenters. The molecule has 0 bridgehead atoms. The van der Waals surface area contributed by atoms with E-state index in [2.05, 4.69) is 22.2 Å². The summed E-state index contributed by atoms with van der Waals surface area (Å²) in [6, 6.07) is 0. The molecule has 0 aliphatic rings. The van der Waals surface area contributed by atoms with E-state index in [1.165, 1.54) is 25.7 Å². The minimum atomic E-state index is 0.560. The van der Waals surface area contributed by atoms with E-state index in [1.807, 2.05) is 7.05 Å². The molecule has 0 fully saturated rings. The second-order valence-corrected chi connectivity index (χ2v) is 4.11. The molecule has 1 rings (SSSR count). The smallest absolute Gasteiger partial charge is 0.144 e. The lowest BCUT2D eigenvalue weighted by Crippen LogP contribution is -2.00. The first-order valence-corrected chi connectivity index (χ1v) is 6.43. The van der Waals surface area contributed by atoms with Gasteiger partial charge in [-0.25, -0.2) is 4.98 Å². The van der Waals surface area contributed by atoms with Crippen molar-refractivity contribution in [3.63, 3.8) is 0 Å². The summed E-state index contributed by atoms with van der Waals surface area (Å²) < 4.78 is 5.55. The van der Waals surface area contributed by atoms with Gasteiger partial charge in [-0.15, -0.1) is 0 Å².